The van der Waals surface area contributed by atoms with E-state index in [1.807, 2.05) is 12.1 Å². The van der Waals surface area contributed by atoms with E-state index < -0.39 is 6.10 Å². The topological polar surface area (TPSA) is 41.6 Å². The maximum absolute atomic E-state index is 12.0. The summed E-state index contributed by atoms with van der Waals surface area (Å²) < 4.78 is 5.91. The van der Waals surface area contributed by atoms with E-state index in [9.17, 15) is 4.79 Å². The Labute approximate surface area is 124 Å². The number of hydrogen-bond acceptors (Lipinski definition) is 3. The highest BCUT2D eigenvalue weighted by molar-refractivity contribution is 6.32. The molecule has 1 N–H and O–H groups in total. The van der Waals surface area contributed by atoms with Gasteiger partial charge in [-0.25, -0.2) is 0 Å². The van der Waals surface area contributed by atoms with Gasteiger partial charge in [0, 0.05) is 38.2 Å². The Morgan fingerprint density at radius 1 is 1.40 bits per heavy atom. The fraction of sp³-hybridized carbons (Fsp3) is 0.533. The first kappa shape index (κ1) is 13.7. The van der Waals surface area contributed by atoms with Crippen LogP contribution in [0.2, 0.25) is 5.02 Å². The molecule has 1 aliphatic heterocycles. The highest BCUT2D eigenvalue weighted by Crippen LogP contribution is 2.32. The third-order valence-electron chi connectivity index (χ3n) is 3.85. The maximum Gasteiger partial charge on any atom is 0.263 e. The van der Waals surface area contributed by atoms with E-state index in [-0.39, 0.29) is 5.91 Å². The van der Waals surface area contributed by atoms with Crippen molar-refractivity contribution in [1.29, 1.82) is 0 Å². The second kappa shape index (κ2) is 5.62. The van der Waals surface area contributed by atoms with Gasteiger partial charge in [-0.1, -0.05) is 23.7 Å². The lowest BCUT2D eigenvalue weighted by atomic mass is 10.2. The molecular weight excluding hydrogens is 276 g/mol. The zero-order chi connectivity index (χ0) is 14.1. The number of ether oxygens (including phenoxy) is 1. The van der Waals surface area contributed by atoms with Gasteiger partial charge in [0.2, 0.25) is 0 Å². The molecule has 1 saturated carbocycles. The maximum atomic E-state index is 12.0. The lowest BCUT2D eigenvalue weighted by molar-refractivity contribution is -0.132. The number of para-hydroxylation sites is 1. The van der Waals surface area contributed by atoms with Gasteiger partial charge in [0.25, 0.3) is 5.91 Å². The van der Waals surface area contributed by atoms with Gasteiger partial charge in [0.05, 0.1) is 5.02 Å². The number of likely N-dealkylation sites (N-methyl/N-ethyl adjacent to an activating group) is 1. The van der Waals surface area contributed by atoms with Crippen LogP contribution in [0.15, 0.2) is 18.2 Å². The zero-order valence-electron chi connectivity index (χ0n) is 11.6. The van der Waals surface area contributed by atoms with Crippen molar-refractivity contribution >= 4 is 17.5 Å². The third-order valence-corrected chi connectivity index (χ3v) is 4.14. The van der Waals surface area contributed by atoms with Crippen molar-refractivity contribution in [2.24, 2.45) is 0 Å². The highest BCUT2D eigenvalue weighted by atomic mass is 35.5. The lowest BCUT2D eigenvalue weighted by Gasteiger charge is -2.17. The molecule has 1 heterocycles. The molecular formula is C15H19ClN2O2. The van der Waals surface area contributed by atoms with E-state index in [0.717, 1.165) is 25.1 Å². The summed E-state index contributed by atoms with van der Waals surface area (Å²) in [7, 11) is 1.80. The number of likely N-dealkylation sites (tertiary alicyclic amines) is 1. The molecule has 1 amide bonds. The summed E-state index contributed by atoms with van der Waals surface area (Å²) in [5.74, 6) is 0.682. The molecule has 1 unspecified atom stereocenters. The summed E-state index contributed by atoms with van der Waals surface area (Å²) in [5.41, 5.74) is 1.02. The minimum Gasteiger partial charge on any atom is -0.479 e. The SMILES string of the molecule is CN1CCC(Oc2c(Cl)cccc2CNC2CC2)C1=O. The van der Waals surface area contributed by atoms with Gasteiger partial charge in [0.15, 0.2) is 6.10 Å². The zero-order valence-corrected chi connectivity index (χ0v) is 12.3. The van der Waals surface area contributed by atoms with Gasteiger partial charge in [-0.15, -0.1) is 0 Å². The number of nitrogens with one attached hydrogen (secondary N) is 1. The minimum atomic E-state index is -0.403. The predicted molar refractivity (Wildman–Crippen MR) is 78.0 cm³/mol. The molecule has 1 aromatic rings. The van der Waals surface area contributed by atoms with E-state index in [1.54, 1.807) is 18.0 Å². The fourth-order valence-electron chi connectivity index (χ4n) is 2.41. The van der Waals surface area contributed by atoms with Crippen LogP contribution in [0, 0.1) is 0 Å². The summed E-state index contributed by atoms with van der Waals surface area (Å²) >= 11 is 6.25. The van der Waals surface area contributed by atoms with Crippen LogP contribution in [-0.2, 0) is 11.3 Å². The Kier molecular flexibility index (Phi) is 3.85. The average molecular weight is 295 g/mol. The van der Waals surface area contributed by atoms with Crippen molar-refractivity contribution in [2.45, 2.75) is 38.0 Å². The van der Waals surface area contributed by atoms with Gasteiger partial charge in [-0.05, 0) is 18.9 Å². The summed E-state index contributed by atoms with van der Waals surface area (Å²) in [6.07, 6.45) is 2.79. The molecule has 1 aromatic carbocycles. The Morgan fingerprint density at radius 2 is 2.20 bits per heavy atom. The Balaban J connectivity index is 1.74. The number of benzene rings is 1. The van der Waals surface area contributed by atoms with Gasteiger partial charge < -0.3 is 15.0 Å². The molecule has 1 saturated heterocycles. The van der Waals surface area contributed by atoms with E-state index in [2.05, 4.69) is 5.32 Å². The van der Waals surface area contributed by atoms with Crippen molar-refractivity contribution < 1.29 is 9.53 Å². The van der Waals surface area contributed by atoms with E-state index in [0.29, 0.717) is 16.8 Å². The standard InChI is InChI=1S/C15H19ClN2O2/c1-18-8-7-13(15(18)19)20-14-10(3-2-4-12(14)16)9-17-11-5-6-11/h2-4,11,13,17H,5-9H2,1H3. The number of carbonyl (C=O) groups excluding carboxylic acids is 1. The molecule has 4 nitrogen and oxygen atoms in total. The Morgan fingerprint density at radius 3 is 2.85 bits per heavy atom. The van der Waals surface area contributed by atoms with Crippen LogP contribution in [0.5, 0.6) is 5.75 Å². The first-order valence-corrected chi connectivity index (χ1v) is 7.45. The van der Waals surface area contributed by atoms with Crippen molar-refractivity contribution in [1.82, 2.24) is 10.2 Å². The van der Waals surface area contributed by atoms with Crippen molar-refractivity contribution in [2.75, 3.05) is 13.6 Å². The molecule has 0 spiro atoms. The van der Waals surface area contributed by atoms with Crippen LogP contribution in [-0.4, -0.2) is 36.5 Å². The molecule has 2 aliphatic rings. The van der Waals surface area contributed by atoms with Crippen LogP contribution < -0.4 is 10.1 Å². The first-order valence-electron chi connectivity index (χ1n) is 7.07. The monoisotopic (exact) mass is 294 g/mol. The molecule has 0 aromatic heterocycles. The van der Waals surface area contributed by atoms with Crippen LogP contribution in [0.1, 0.15) is 24.8 Å². The summed E-state index contributed by atoms with van der Waals surface area (Å²) in [5, 5.41) is 4.02. The number of carbonyl (C=O) groups is 1. The normalized spacial score (nSPS) is 22.4. The van der Waals surface area contributed by atoms with Crippen molar-refractivity contribution in [3.8, 4) is 5.75 Å². The average Bonchev–Trinajstić information content (AvgIpc) is 3.21. The molecule has 1 aliphatic carbocycles. The summed E-state index contributed by atoms with van der Waals surface area (Å²) in [6, 6.07) is 6.35. The van der Waals surface area contributed by atoms with Gasteiger partial charge in [0.1, 0.15) is 5.75 Å². The number of amides is 1. The van der Waals surface area contributed by atoms with Crippen LogP contribution in [0.3, 0.4) is 0 Å². The van der Waals surface area contributed by atoms with E-state index in [1.165, 1.54) is 12.8 Å². The lowest BCUT2D eigenvalue weighted by Crippen LogP contribution is -2.30. The molecule has 1 atom stereocenters. The Bertz CT molecular complexity index is 517. The molecule has 0 bridgehead atoms. The first-order chi connectivity index (χ1) is 9.65. The van der Waals surface area contributed by atoms with E-state index >= 15 is 0 Å². The number of rotatable bonds is 5. The van der Waals surface area contributed by atoms with Gasteiger partial charge >= 0.3 is 0 Å². The van der Waals surface area contributed by atoms with Crippen molar-refractivity contribution in [3.05, 3.63) is 28.8 Å². The van der Waals surface area contributed by atoms with E-state index in [4.69, 9.17) is 16.3 Å². The third kappa shape index (κ3) is 2.91. The van der Waals surface area contributed by atoms with Crippen LogP contribution in [0.25, 0.3) is 0 Å². The number of hydrogen-bond donors (Lipinski definition) is 1. The number of nitrogens with zero attached hydrogens (tertiary/aromatic N) is 1. The second-order valence-corrected chi connectivity index (χ2v) is 5.95. The number of halogens is 1. The van der Waals surface area contributed by atoms with Crippen LogP contribution >= 0.6 is 11.6 Å². The second-order valence-electron chi connectivity index (χ2n) is 5.54. The molecule has 0 radical (unpaired) electrons. The van der Waals surface area contributed by atoms with Crippen LogP contribution in [0.4, 0.5) is 0 Å². The molecule has 3 rings (SSSR count). The smallest absolute Gasteiger partial charge is 0.263 e. The fourth-order valence-corrected chi connectivity index (χ4v) is 2.65. The summed E-state index contributed by atoms with van der Waals surface area (Å²) in [4.78, 5) is 13.6. The largest absolute Gasteiger partial charge is 0.479 e. The molecule has 2 fully saturated rings. The quantitative estimate of drug-likeness (QED) is 0.905. The summed E-state index contributed by atoms with van der Waals surface area (Å²) in [6.45, 7) is 1.47. The van der Waals surface area contributed by atoms with Gasteiger partial charge in [-0.2, -0.15) is 0 Å². The minimum absolute atomic E-state index is 0.0334. The van der Waals surface area contributed by atoms with Crippen molar-refractivity contribution in [3.63, 3.8) is 0 Å². The Hall–Kier alpha value is -1.26. The highest BCUT2D eigenvalue weighted by Gasteiger charge is 2.32. The molecule has 108 valence electrons. The molecule has 5 heteroatoms. The van der Waals surface area contributed by atoms with Gasteiger partial charge in [-0.3, -0.25) is 4.79 Å². The molecule has 20 heavy (non-hydrogen) atoms. The predicted octanol–water partition coefficient (Wildman–Crippen LogP) is 2.20.